The van der Waals surface area contributed by atoms with E-state index in [2.05, 4.69) is 22.2 Å². The molecule has 1 fully saturated rings. The van der Waals surface area contributed by atoms with Crippen LogP contribution in [0.15, 0.2) is 6.20 Å². The molecule has 2 N–H and O–H groups in total. The van der Waals surface area contributed by atoms with Crippen LogP contribution in [0.4, 0.5) is 0 Å². The average molecular weight is 207 g/mol. The number of aromatic amines is 1. The standard InChI is InChI=1S/C12H21N3/c1-3-9-4-5-10(6-9)12-14-8-11(15-12)7-13-2/h8-10,13H,3-7H2,1-2H3,(H,14,15). The molecule has 84 valence electrons. The lowest BCUT2D eigenvalue weighted by Gasteiger charge is -2.06. The van der Waals surface area contributed by atoms with E-state index in [1.54, 1.807) is 0 Å². The van der Waals surface area contributed by atoms with Crippen molar-refractivity contribution in [3.8, 4) is 0 Å². The Morgan fingerprint density at radius 2 is 2.40 bits per heavy atom. The first-order valence-electron chi connectivity index (χ1n) is 6.01. The highest BCUT2D eigenvalue weighted by atomic mass is 15.0. The molecule has 3 nitrogen and oxygen atoms in total. The minimum Gasteiger partial charge on any atom is -0.345 e. The van der Waals surface area contributed by atoms with E-state index in [-0.39, 0.29) is 0 Å². The largest absolute Gasteiger partial charge is 0.345 e. The molecule has 0 aliphatic heterocycles. The second-order valence-electron chi connectivity index (χ2n) is 4.61. The number of rotatable bonds is 4. The van der Waals surface area contributed by atoms with Gasteiger partial charge in [-0.15, -0.1) is 0 Å². The van der Waals surface area contributed by atoms with Crippen LogP contribution >= 0.6 is 0 Å². The molecule has 1 aliphatic rings. The van der Waals surface area contributed by atoms with Gasteiger partial charge in [0.2, 0.25) is 0 Å². The van der Waals surface area contributed by atoms with Crippen LogP contribution in [0.3, 0.4) is 0 Å². The molecule has 0 spiro atoms. The van der Waals surface area contributed by atoms with Crippen molar-refractivity contribution in [2.75, 3.05) is 7.05 Å². The fraction of sp³-hybridized carbons (Fsp3) is 0.750. The van der Waals surface area contributed by atoms with Crippen LogP contribution < -0.4 is 5.32 Å². The van der Waals surface area contributed by atoms with Gasteiger partial charge in [-0.25, -0.2) is 4.98 Å². The summed E-state index contributed by atoms with van der Waals surface area (Å²) in [6.45, 7) is 3.18. The Hall–Kier alpha value is -0.830. The smallest absolute Gasteiger partial charge is 0.109 e. The third-order valence-electron chi connectivity index (χ3n) is 3.52. The molecule has 0 radical (unpaired) electrons. The first-order valence-corrected chi connectivity index (χ1v) is 6.01. The predicted octanol–water partition coefficient (Wildman–Crippen LogP) is 2.42. The van der Waals surface area contributed by atoms with E-state index >= 15 is 0 Å². The molecule has 2 unspecified atom stereocenters. The quantitative estimate of drug-likeness (QED) is 0.796. The van der Waals surface area contributed by atoms with Crippen LogP contribution in [0.5, 0.6) is 0 Å². The molecule has 1 aromatic heterocycles. The van der Waals surface area contributed by atoms with E-state index in [9.17, 15) is 0 Å². The lowest BCUT2D eigenvalue weighted by atomic mass is 10.0. The van der Waals surface area contributed by atoms with Crippen LogP contribution in [0, 0.1) is 5.92 Å². The molecule has 1 aromatic rings. The molecular weight excluding hydrogens is 186 g/mol. The van der Waals surface area contributed by atoms with E-state index in [0.717, 1.165) is 12.5 Å². The Kier molecular flexibility index (Phi) is 3.41. The lowest BCUT2D eigenvalue weighted by Crippen LogP contribution is -2.05. The summed E-state index contributed by atoms with van der Waals surface area (Å²) in [5.41, 5.74) is 1.20. The molecule has 2 rings (SSSR count). The number of imidazole rings is 1. The van der Waals surface area contributed by atoms with Gasteiger partial charge in [0, 0.05) is 24.4 Å². The highest BCUT2D eigenvalue weighted by Gasteiger charge is 2.26. The zero-order chi connectivity index (χ0) is 10.7. The molecule has 2 atom stereocenters. The van der Waals surface area contributed by atoms with Gasteiger partial charge in [0.15, 0.2) is 0 Å². The molecule has 15 heavy (non-hydrogen) atoms. The average Bonchev–Trinajstić information content (AvgIpc) is 2.85. The fourth-order valence-electron chi connectivity index (χ4n) is 2.56. The van der Waals surface area contributed by atoms with Gasteiger partial charge in [-0.05, 0) is 32.2 Å². The molecular formula is C12H21N3. The monoisotopic (exact) mass is 207 g/mol. The van der Waals surface area contributed by atoms with Crippen molar-refractivity contribution >= 4 is 0 Å². The maximum atomic E-state index is 4.49. The summed E-state index contributed by atoms with van der Waals surface area (Å²) in [7, 11) is 1.96. The molecule has 0 saturated heterocycles. The minimum absolute atomic E-state index is 0.681. The van der Waals surface area contributed by atoms with Gasteiger partial charge in [-0.3, -0.25) is 0 Å². The molecule has 3 heteroatoms. The topological polar surface area (TPSA) is 40.7 Å². The summed E-state index contributed by atoms with van der Waals surface area (Å²) in [5.74, 6) is 2.81. The van der Waals surface area contributed by atoms with E-state index in [1.165, 1.54) is 37.2 Å². The Bertz CT molecular complexity index is 306. The van der Waals surface area contributed by atoms with Crippen molar-refractivity contribution < 1.29 is 0 Å². The summed E-state index contributed by atoms with van der Waals surface area (Å²) in [5, 5.41) is 3.14. The highest BCUT2D eigenvalue weighted by molar-refractivity contribution is 5.07. The number of nitrogens with one attached hydrogen (secondary N) is 2. The fourth-order valence-corrected chi connectivity index (χ4v) is 2.56. The molecule has 1 aliphatic carbocycles. The summed E-state index contributed by atoms with van der Waals surface area (Å²) in [6, 6.07) is 0. The molecule has 0 aromatic carbocycles. The molecule has 1 heterocycles. The number of nitrogens with zero attached hydrogens (tertiary/aromatic N) is 1. The number of H-pyrrole nitrogens is 1. The van der Waals surface area contributed by atoms with Gasteiger partial charge in [-0.2, -0.15) is 0 Å². The van der Waals surface area contributed by atoms with Gasteiger partial charge < -0.3 is 10.3 Å². The van der Waals surface area contributed by atoms with Crippen LogP contribution in [-0.2, 0) is 6.54 Å². The van der Waals surface area contributed by atoms with Gasteiger partial charge in [0.1, 0.15) is 5.82 Å². The Morgan fingerprint density at radius 1 is 1.53 bits per heavy atom. The Labute approximate surface area is 91.7 Å². The van der Waals surface area contributed by atoms with Gasteiger partial charge in [0.05, 0.1) is 0 Å². The zero-order valence-corrected chi connectivity index (χ0v) is 9.71. The van der Waals surface area contributed by atoms with Crippen molar-refractivity contribution in [1.29, 1.82) is 0 Å². The van der Waals surface area contributed by atoms with Crippen LogP contribution in [0.1, 0.15) is 50.0 Å². The highest BCUT2D eigenvalue weighted by Crippen LogP contribution is 2.38. The van der Waals surface area contributed by atoms with E-state index in [0.29, 0.717) is 5.92 Å². The predicted molar refractivity (Wildman–Crippen MR) is 61.7 cm³/mol. The Morgan fingerprint density at radius 3 is 3.07 bits per heavy atom. The maximum absolute atomic E-state index is 4.49. The SMILES string of the molecule is CCC1CCC(c2ncc(CNC)[nH]2)C1. The maximum Gasteiger partial charge on any atom is 0.109 e. The third-order valence-corrected chi connectivity index (χ3v) is 3.52. The third kappa shape index (κ3) is 2.40. The minimum atomic E-state index is 0.681. The first kappa shape index (κ1) is 10.7. The second kappa shape index (κ2) is 4.79. The van der Waals surface area contributed by atoms with E-state index in [4.69, 9.17) is 0 Å². The zero-order valence-electron chi connectivity index (χ0n) is 9.71. The molecule has 0 amide bonds. The van der Waals surface area contributed by atoms with Gasteiger partial charge >= 0.3 is 0 Å². The van der Waals surface area contributed by atoms with Crippen molar-refractivity contribution in [2.24, 2.45) is 5.92 Å². The van der Waals surface area contributed by atoms with Crippen molar-refractivity contribution in [3.63, 3.8) is 0 Å². The summed E-state index contributed by atoms with van der Waals surface area (Å²) >= 11 is 0. The van der Waals surface area contributed by atoms with Crippen LogP contribution in [-0.4, -0.2) is 17.0 Å². The lowest BCUT2D eigenvalue weighted by molar-refractivity contribution is 0.517. The number of hydrogen-bond donors (Lipinski definition) is 2. The van der Waals surface area contributed by atoms with Gasteiger partial charge in [0.25, 0.3) is 0 Å². The normalized spacial score (nSPS) is 26.0. The van der Waals surface area contributed by atoms with Crippen molar-refractivity contribution in [2.45, 2.75) is 45.1 Å². The summed E-state index contributed by atoms with van der Waals surface area (Å²) < 4.78 is 0. The number of hydrogen-bond acceptors (Lipinski definition) is 2. The molecule has 1 saturated carbocycles. The molecule has 0 bridgehead atoms. The number of aromatic nitrogens is 2. The van der Waals surface area contributed by atoms with Crippen LogP contribution in [0.2, 0.25) is 0 Å². The summed E-state index contributed by atoms with van der Waals surface area (Å²) in [4.78, 5) is 7.92. The van der Waals surface area contributed by atoms with E-state index in [1.807, 2.05) is 13.2 Å². The van der Waals surface area contributed by atoms with Crippen LogP contribution in [0.25, 0.3) is 0 Å². The second-order valence-corrected chi connectivity index (χ2v) is 4.61. The Balaban J connectivity index is 1.97. The first-order chi connectivity index (χ1) is 7.33. The van der Waals surface area contributed by atoms with E-state index < -0.39 is 0 Å². The van der Waals surface area contributed by atoms with Crippen molar-refractivity contribution in [3.05, 3.63) is 17.7 Å². The summed E-state index contributed by atoms with van der Waals surface area (Å²) in [6.07, 6.45) is 7.29. The van der Waals surface area contributed by atoms with Crippen molar-refractivity contribution in [1.82, 2.24) is 15.3 Å². The van der Waals surface area contributed by atoms with Gasteiger partial charge in [-0.1, -0.05) is 13.3 Å².